The van der Waals surface area contributed by atoms with Gasteiger partial charge in [0.2, 0.25) is 5.88 Å². The van der Waals surface area contributed by atoms with Crippen molar-refractivity contribution >= 4 is 35.7 Å². The summed E-state index contributed by atoms with van der Waals surface area (Å²) in [5.74, 6) is -1.79. The molecule has 0 spiro atoms. The van der Waals surface area contributed by atoms with Crippen LogP contribution in [0.15, 0.2) is 11.0 Å². The third-order valence-corrected chi connectivity index (χ3v) is 3.81. The first-order chi connectivity index (χ1) is 9.25. The van der Waals surface area contributed by atoms with E-state index in [4.69, 9.17) is 10.7 Å². The van der Waals surface area contributed by atoms with Crippen LogP contribution in [0.2, 0.25) is 0 Å². The predicted molar refractivity (Wildman–Crippen MR) is 61.6 cm³/mol. The molecule has 0 unspecified atom stereocenters. The highest BCUT2D eigenvalue weighted by Crippen LogP contribution is 2.41. The Bertz CT molecular complexity index is 645. The van der Waals surface area contributed by atoms with Crippen molar-refractivity contribution in [2.75, 3.05) is 0 Å². The summed E-state index contributed by atoms with van der Waals surface area (Å²) in [4.78, 5) is 1.17. The molecule has 13 heteroatoms. The summed E-state index contributed by atoms with van der Waals surface area (Å²) in [5, 5.41) is -0.368. The first-order valence-electron chi connectivity index (χ1n) is 4.63. The third kappa shape index (κ3) is 4.88. The highest BCUT2D eigenvalue weighted by molar-refractivity contribution is 9.08. The number of ether oxygens (including phenoxy) is 1. The zero-order valence-corrected chi connectivity index (χ0v) is 12.5. The van der Waals surface area contributed by atoms with Gasteiger partial charge in [0.1, 0.15) is 0 Å². The molecule has 1 heterocycles. The molecular formula is C8H3BrClF6NO3S. The number of aromatic nitrogens is 1. The monoisotopic (exact) mass is 421 g/mol. The van der Waals surface area contributed by atoms with E-state index in [0.29, 0.717) is 0 Å². The van der Waals surface area contributed by atoms with E-state index in [-0.39, 0.29) is 11.4 Å². The van der Waals surface area contributed by atoms with Gasteiger partial charge in [0.15, 0.2) is 4.90 Å². The van der Waals surface area contributed by atoms with Gasteiger partial charge in [-0.3, -0.25) is 0 Å². The van der Waals surface area contributed by atoms with Gasteiger partial charge >= 0.3 is 12.5 Å². The Kier molecular flexibility index (Phi) is 5.05. The number of nitrogens with zero attached hydrogens (tertiary/aromatic N) is 1. The minimum atomic E-state index is -5.45. The van der Waals surface area contributed by atoms with Gasteiger partial charge < -0.3 is 4.74 Å². The second-order valence-electron chi connectivity index (χ2n) is 3.41. The summed E-state index contributed by atoms with van der Waals surface area (Å²) in [7, 11) is -0.423. The summed E-state index contributed by atoms with van der Waals surface area (Å²) >= 11 is 2.70. The number of hydrogen-bond acceptors (Lipinski definition) is 4. The smallest absolute Gasteiger partial charge is 0.386 e. The van der Waals surface area contributed by atoms with Crippen LogP contribution >= 0.6 is 26.6 Å². The van der Waals surface area contributed by atoms with Gasteiger partial charge in [-0.15, -0.1) is 13.2 Å². The molecule has 0 aliphatic rings. The molecule has 1 rings (SSSR count). The topological polar surface area (TPSA) is 56.3 Å². The molecule has 0 aromatic carbocycles. The second-order valence-corrected chi connectivity index (χ2v) is 6.48. The maximum Gasteiger partial charge on any atom is 0.574 e. The van der Waals surface area contributed by atoms with Crippen LogP contribution in [0.5, 0.6) is 5.88 Å². The summed E-state index contributed by atoms with van der Waals surface area (Å²) < 4.78 is 101. The van der Waals surface area contributed by atoms with Crippen LogP contribution in [0, 0.1) is 0 Å². The maximum absolute atomic E-state index is 12.8. The maximum atomic E-state index is 12.8. The van der Waals surface area contributed by atoms with Crippen molar-refractivity contribution in [1.82, 2.24) is 4.98 Å². The first-order valence-corrected chi connectivity index (χ1v) is 8.06. The molecule has 0 aliphatic heterocycles. The van der Waals surface area contributed by atoms with Gasteiger partial charge in [0, 0.05) is 16.0 Å². The zero-order chi connectivity index (χ0) is 16.6. The van der Waals surface area contributed by atoms with Crippen LogP contribution < -0.4 is 4.74 Å². The van der Waals surface area contributed by atoms with Crippen molar-refractivity contribution in [2.45, 2.75) is 22.8 Å². The van der Waals surface area contributed by atoms with Crippen molar-refractivity contribution in [2.24, 2.45) is 0 Å². The second kappa shape index (κ2) is 5.80. The average Bonchev–Trinajstić information content (AvgIpc) is 2.22. The van der Waals surface area contributed by atoms with Crippen molar-refractivity contribution in [3.05, 3.63) is 17.3 Å². The van der Waals surface area contributed by atoms with Gasteiger partial charge in [-0.2, -0.15) is 13.2 Å². The van der Waals surface area contributed by atoms with Gasteiger partial charge in [0.05, 0.1) is 11.3 Å². The van der Waals surface area contributed by atoms with Gasteiger partial charge in [0.25, 0.3) is 9.05 Å². The molecule has 0 aliphatic carbocycles. The van der Waals surface area contributed by atoms with E-state index in [1.807, 2.05) is 0 Å². The zero-order valence-electron chi connectivity index (χ0n) is 9.39. The highest BCUT2D eigenvalue weighted by atomic mass is 79.9. The van der Waals surface area contributed by atoms with Crippen LogP contribution in [-0.2, 0) is 20.6 Å². The molecule has 0 fully saturated rings. The molecule has 0 saturated heterocycles. The van der Waals surface area contributed by atoms with Gasteiger partial charge in [-0.05, 0) is 6.07 Å². The van der Waals surface area contributed by atoms with Crippen LogP contribution in [0.3, 0.4) is 0 Å². The molecule has 1 aromatic heterocycles. The summed E-state index contributed by atoms with van der Waals surface area (Å²) in [6.07, 6.45) is -10.7. The van der Waals surface area contributed by atoms with Crippen LogP contribution in [0.1, 0.15) is 11.3 Å². The van der Waals surface area contributed by atoms with E-state index in [1.54, 1.807) is 0 Å². The molecule has 120 valence electrons. The molecule has 0 bridgehead atoms. The lowest BCUT2D eigenvalue weighted by Gasteiger charge is -2.16. The Morgan fingerprint density at radius 3 is 2.10 bits per heavy atom. The lowest BCUT2D eigenvalue weighted by Crippen LogP contribution is -2.22. The Balaban J connectivity index is 3.76. The van der Waals surface area contributed by atoms with Gasteiger partial charge in [-0.25, -0.2) is 13.4 Å². The SMILES string of the molecule is O=S(=O)(Cl)c1c(C(F)(F)F)cc(CBr)nc1OC(F)(F)F. The molecule has 4 nitrogen and oxygen atoms in total. The number of rotatable bonds is 3. The van der Waals surface area contributed by atoms with Crippen molar-refractivity contribution in [3.63, 3.8) is 0 Å². The normalized spacial score (nSPS) is 13.3. The summed E-state index contributed by atoms with van der Waals surface area (Å²) in [6, 6.07) is 0.257. The molecule has 0 amide bonds. The Morgan fingerprint density at radius 1 is 1.24 bits per heavy atom. The molecular weight excluding hydrogens is 420 g/mol. The van der Waals surface area contributed by atoms with E-state index in [0.717, 1.165) is 0 Å². The highest BCUT2D eigenvalue weighted by Gasteiger charge is 2.43. The summed E-state index contributed by atoms with van der Waals surface area (Å²) in [5.41, 5.74) is -2.42. The molecule has 0 radical (unpaired) electrons. The fourth-order valence-electron chi connectivity index (χ4n) is 1.25. The lowest BCUT2D eigenvalue weighted by atomic mass is 10.2. The van der Waals surface area contributed by atoms with E-state index in [2.05, 4.69) is 25.7 Å². The number of hydrogen-bond donors (Lipinski definition) is 0. The summed E-state index contributed by atoms with van der Waals surface area (Å²) in [6.45, 7) is 0. The molecule has 21 heavy (non-hydrogen) atoms. The van der Waals surface area contributed by atoms with Crippen molar-refractivity contribution in [3.8, 4) is 5.88 Å². The Labute approximate surface area is 126 Å². The molecule has 0 atom stereocenters. The Morgan fingerprint density at radius 2 is 1.76 bits per heavy atom. The number of halogens is 8. The number of alkyl halides is 7. The predicted octanol–water partition coefficient (Wildman–Crippen LogP) is 3.82. The fourth-order valence-corrected chi connectivity index (χ4v) is 2.72. The van der Waals surface area contributed by atoms with Crippen LogP contribution in [-0.4, -0.2) is 19.8 Å². The first kappa shape index (κ1) is 18.3. The quantitative estimate of drug-likeness (QED) is 0.422. The lowest BCUT2D eigenvalue weighted by molar-refractivity contribution is -0.277. The fraction of sp³-hybridized carbons (Fsp3) is 0.375. The van der Waals surface area contributed by atoms with Crippen LogP contribution in [0.25, 0.3) is 0 Å². The molecule has 0 saturated carbocycles. The van der Waals surface area contributed by atoms with Crippen molar-refractivity contribution in [1.29, 1.82) is 0 Å². The van der Waals surface area contributed by atoms with E-state index in [9.17, 15) is 34.8 Å². The minimum Gasteiger partial charge on any atom is -0.386 e. The molecule has 0 N–H and O–H groups in total. The standard InChI is InChI=1S/C8H3BrClF6NO3S/c9-2-3-1-4(7(11,12)13)5(21(10,18)19)6(17-3)20-8(14,15)16/h1H,2H2. The number of pyridine rings is 1. The molecule has 1 aromatic rings. The van der Waals surface area contributed by atoms with Crippen LogP contribution in [0.4, 0.5) is 26.3 Å². The van der Waals surface area contributed by atoms with E-state index >= 15 is 0 Å². The van der Waals surface area contributed by atoms with E-state index < -0.39 is 43.6 Å². The van der Waals surface area contributed by atoms with Gasteiger partial charge in [-0.1, -0.05) is 15.9 Å². The Hall–Kier alpha value is -0.750. The minimum absolute atomic E-state index is 0.257. The van der Waals surface area contributed by atoms with E-state index in [1.165, 1.54) is 0 Å². The van der Waals surface area contributed by atoms with Crippen molar-refractivity contribution < 1.29 is 39.5 Å². The third-order valence-electron chi connectivity index (χ3n) is 1.89. The average molecular weight is 423 g/mol. The largest absolute Gasteiger partial charge is 0.574 e.